The Balaban J connectivity index is 2.43. The number of benzene rings is 1. The Labute approximate surface area is 91.8 Å². The molecule has 15 heavy (non-hydrogen) atoms. The predicted octanol–water partition coefficient (Wildman–Crippen LogP) is 1.99. The molecule has 0 saturated heterocycles. The lowest BCUT2D eigenvalue weighted by molar-refractivity contribution is 0.241. The smallest absolute Gasteiger partial charge is 0.119 e. The molecule has 0 heterocycles. The van der Waals surface area contributed by atoms with Gasteiger partial charge in [0.25, 0.3) is 0 Å². The van der Waals surface area contributed by atoms with E-state index in [1.807, 2.05) is 19.2 Å². The minimum Gasteiger partial charge on any atom is -0.492 e. The van der Waals surface area contributed by atoms with Gasteiger partial charge in [0.2, 0.25) is 0 Å². The molecule has 0 amide bonds. The van der Waals surface area contributed by atoms with Crippen LogP contribution in [0.25, 0.3) is 0 Å². The van der Waals surface area contributed by atoms with Gasteiger partial charge in [-0.3, -0.25) is 5.84 Å². The maximum absolute atomic E-state index is 5.53. The van der Waals surface area contributed by atoms with E-state index in [-0.39, 0.29) is 0 Å². The standard InChI is InChI=1S/C12H20N2O/c1-10(2)11-4-6-12(7-5-11)15-9-8-14(3)13/h4-7,10H,8-9,13H2,1-3H3. The third-order valence-corrected chi connectivity index (χ3v) is 2.26. The molecule has 0 unspecified atom stereocenters. The first-order valence-electron chi connectivity index (χ1n) is 5.28. The van der Waals surface area contributed by atoms with Crippen molar-refractivity contribution in [2.24, 2.45) is 5.84 Å². The van der Waals surface area contributed by atoms with Gasteiger partial charge in [0, 0.05) is 13.6 Å². The van der Waals surface area contributed by atoms with Gasteiger partial charge in [-0.25, -0.2) is 5.01 Å². The van der Waals surface area contributed by atoms with Crippen LogP contribution in [0.15, 0.2) is 24.3 Å². The minimum absolute atomic E-state index is 0.564. The van der Waals surface area contributed by atoms with E-state index in [4.69, 9.17) is 10.6 Å². The highest BCUT2D eigenvalue weighted by atomic mass is 16.5. The highest BCUT2D eigenvalue weighted by Gasteiger charge is 1.99. The van der Waals surface area contributed by atoms with Crippen LogP contribution in [0, 0.1) is 0 Å². The fourth-order valence-electron chi connectivity index (χ4n) is 1.26. The maximum Gasteiger partial charge on any atom is 0.119 e. The van der Waals surface area contributed by atoms with Gasteiger partial charge in [0.15, 0.2) is 0 Å². The molecular weight excluding hydrogens is 188 g/mol. The van der Waals surface area contributed by atoms with Crippen molar-refractivity contribution < 1.29 is 4.74 Å². The fraction of sp³-hybridized carbons (Fsp3) is 0.500. The van der Waals surface area contributed by atoms with Crippen LogP contribution in [0.5, 0.6) is 5.75 Å². The van der Waals surface area contributed by atoms with Crippen molar-refractivity contribution >= 4 is 0 Å². The van der Waals surface area contributed by atoms with E-state index in [2.05, 4.69) is 26.0 Å². The summed E-state index contributed by atoms with van der Waals surface area (Å²) in [6.07, 6.45) is 0. The third kappa shape index (κ3) is 4.32. The van der Waals surface area contributed by atoms with Crippen LogP contribution in [0.1, 0.15) is 25.3 Å². The van der Waals surface area contributed by atoms with E-state index in [1.54, 1.807) is 5.01 Å². The lowest BCUT2D eigenvalue weighted by atomic mass is 10.0. The van der Waals surface area contributed by atoms with Crippen LogP contribution in [0.4, 0.5) is 0 Å². The van der Waals surface area contributed by atoms with Crippen molar-refractivity contribution in [2.75, 3.05) is 20.2 Å². The van der Waals surface area contributed by atoms with Crippen molar-refractivity contribution in [1.29, 1.82) is 0 Å². The molecule has 1 aromatic carbocycles. The molecule has 0 aliphatic rings. The Hall–Kier alpha value is -1.06. The lowest BCUT2D eigenvalue weighted by Gasteiger charge is -2.11. The molecule has 0 atom stereocenters. The zero-order valence-corrected chi connectivity index (χ0v) is 9.73. The molecule has 0 spiro atoms. The molecule has 84 valence electrons. The summed E-state index contributed by atoms with van der Waals surface area (Å²) in [7, 11) is 1.82. The molecule has 1 rings (SSSR count). The zero-order chi connectivity index (χ0) is 11.3. The molecule has 0 radical (unpaired) electrons. The van der Waals surface area contributed by atoms with Crippen molar-refractivity contribution in [2.45, 2.75) is 19.8 Å². The van der Waals surface area contributed by atoms with Crippen molar-refractivity contribution in [3.63, 3.8) is 0 Å². The van der Waals surface area contributed by atoms with Crippen LogP contribution in [0.3, 0.4) is 0 Å². The monoisotopic (exact) mass is 208 g/mol. The summed E-state index contributed by atoms with van der Waals surface area (Å²) >= 11 is 0. The van der Waals surface area contributed by atoms with E-state index in [1.165, 1.54) is 5.56 Å². The van der Waals surface area contributed by atoms with Gasteiger partial charge >= 0.3 is 0 Å². The van der Waals surface area contributed by atoms with Crippen LogP contribution in [-0.4, -0.2) is 25.2 Å². The Morgan fingerprint density at radius 3 is 2.33 bits per heavy atom. The zero-order valence-electron chi connectivity index (χ0n) is 9.73. The number of rotatable bonds is 5. The summed E-state index contributed by atoms with van der Waals surface area (Å²) in [5.41, 5.74) is 1.33. The molecule has 2 N–H and O–H groups in total. The Morgan fingerprint density at radius 2 is 1.87 bits per heavy atom. The largest absolute Gasteiger partial charge is 0.492 e. The van der Waals surface area contributed by atoms with E-state index in [0.29, 0.717) is 12.5 Å². The average molecular weight is 208 g/mol. The van der Waals surface area contributed by atoms with Gasteiger partial charge in [0.05, 0.1) is 0 Å². The Morgan fingerprint density at radius 1 is 1.27 bits per heavy atom. The summed E-state index contributed by atoms with van der Waals surface area (Å²) < 4.78 is 5.53. The van der Waals surface area contributed by atoms with Crippen LogP contribution < -0.4 is 10.6 Å². The van der Waals surface area contributed by atoms with Gasteiger partial charge in [-0.05, 0) is 23.6 Å². The van der Waals surface area contributed by atoms with Gasteiger partial charge in [-0.1, -0.05) is 26.0 Å². The maximum atomic E-state index is 5.53. The molecule has 0 aromatic heterocycles. The number of nitrogens with zero attached hydrogens (tertiary/aromatic N) is 1. The van der Waals surface area contributed by atoms with Gasteiger partial charge in [-0.15, -0.1) is 0 Å². The first kappa shape index (κ1) is 12.0. The predicted molar refractivity (Wildman–Crippen MR) is 62.8 cm³/mol. The number of ether oxygens (including phenoxy) is 1. The highest BCUT2D eigenvalue weighted by molar-refractivity contribution is 5.28. The topological polar surface area (TPSA) is 38.5 Å². The van der Waals surface area contributed by atoms with Gasteiger partial charge in [0.1, 0.15) is 12.4 Å². The molecule has 3 nitrogen and oxygen atoms in total. The minimum atomic E-state index is 0.564. The second-order valence-corrected chi connectivity index (χ2v) is 4.05. The quantitative estimate of drug-likeness (QED) is 0.594. The molecule has 0 bridgehead atoms. The summed E-state index contributed by atoms with van der Waals surface area (Å²) in [6, 6.07) is 8.22. The van der Waals surface area contributed by atoms with E-state index >= 15 is 0 Å². The number of hydrogen-bond acceptors (Lipinski definition) is 3. The highest BCUT2D eigenvalue weighted by Crippen LogP contribution is 2.18. The first-order valence-corrected chi connectivity index (χ1v) is 5.28. The van der Waals surface area contributed by atoms with Gasteiger partial charge in [-0.2, -0.15) is 0 Å². The Kier molecular flexibility index (Phi) is 4.59. The number of hydrazine groups is 1. The van der Waals surface area contributed by atoms with Crippen molar-refractivity contribution in [1.82, 2.24) is 5.01 Å². The second kappa shape index (κ2) is 5.73. The molecular formula is C12H20N2O. The third-order valence-electron chi connectivity index (χ3n) is 2.26. The second-order valence-electron chi connectivity index (χ2n) is 4.05. The normalized spacial score (nSPS) is 11.1. The Bertz CT molecular complexity index is 280. The van der Waals surface area contributed by atoms with Gasteiger partial charge < -0.3 is 4.74 Å². The van der Waals surface area contributed by atoms with Crippen molar-refractivity contribution in [3.05, 3.63) is 29.8 Å². The van der Waals surface area contributed by atoms with E-state index < -0.39 is 0 Å². The summed E-state index contributed by atoms with van der Waals surface area (Å²) in [5, 5.41) is 1.61. The average Bonchev–Trinajstić information content (AvgIpc) is 2.18. The number of hydrogen-bond donors (Lipinski definition) is 1. The lowest BCUT2D eigenvalue weighted by Crippen LogP contribution is -2.30. The number of nitrogens with two attached hydrogens (primary N) is 1. The molecule has 0 fully saturated rings. The van der Waals surface area contributed by atoms with Crippen molar-refractivity contribution in [3.8, 4) is 5.75 Å². The summed E-state index contributed by atoms with van der Waals surface area (Å²) in [6.45, 7) is 5.71. The molecule has 0 saturated carbocycles. The summed E-state index contributed by atoms with van der Waals surface area (Å²) in [5.74, 6) is 6.94. The molecule has 1 aromatic rings. The van der Waals surface area contributed by atoms with E-state index in [0.717, 1.165) is 12.3 Å². The van der Waals surface area contributed by atoms with E-state index in [9.17, 15) is 0 Å². The molecule has 3 heteroatoms. The first-order chi connectivity index (χ1) is 7.09. The van der Waals surface area contributed by atoms with Crippen LogP contribution >= 0.6 is 0 Å². The summed E-state index contributed by atoms with van der Waals surface area (Å²) in [4.78, 5) is 0. The fourth-order valence-corrected chi connectivity index (χ4v) is 1.26. The van der Waals surface area contributed by atoms with Crippen LogP contribution in [-0.2, 0) is 0 Å². The van der Waals surface area contributed by atoms with Crippen LogP contribution in [0.2, 0.25) is 0 Å². The molecule has 0 aliphatic carbocycles. The molecule has 0 aliphatic heterocycles. The SMILES string of the molecule is CC(C)c1ccc(OCCN(C)N)cc1. The number of likely N-dealkylation sites (N-methyl/N-ethyl adjacent to an activating group) is 1.